The molecule has 0 aromatic rings. The Labute approximate surface area is 49.4 Å². The van der Waals surface area contributed by atoms with E-state index in [0.29, 0.717) is 0 Å². The van der Waals surface area contributed by atoms with Crippen molar-refractivity contribution in [1.29, 1.82) is 5.26 Å². The second-order valence-electron chi connectivity index (χ2n) is 0.224. The smallest absolute Gasteiger partial charge is 1.00 e. The molecule has 0 amide bonds. The van der Waals surface area contributed by atoms with Gasteiger partial charge in [0.1, 0.15) is 0 Å². The van der Waals surface area contributed by atoms with E-state index >= 15 is 0 Å². The van der Waals surface area contributed by atoms with E-state index in [1.807, 2.05) is 0 Å². The van der Waals surface area contributed by atoms with Crippen molar-refractivity contribution in [2.24, 2.45) is 0 Å². The number of hydrogen-bond acceptors (Lipinski definition) is 1. The van der Waals surface area contributed by atoms with E-state index < -0.39 is 0 Å². The Kier molecular flexibility index (Phi) is 21.5. The molecule has 0 saturated carbocycles. The van der Waals surface area contributed by atoms with Gasteiger partial charge in [-0.2, -0.15) is 5.26 Å². The fraction of sp³-hybridized carbons (Fsp3) is 0.500. The zero-order chi connectivity index (χ0) is 2.71. The molecule has 0 aromatic heterocycles. The molecule has 0 aliphatic heterocycles. The fourth-order valence-electron chi connectivity index (χ4n) is 0. The van der Waals surface area contributed by atoms with Gasteiger partial charge in [0.2, 0.25) is 0 Å². The van der Waals surface area contributed by atoms with Gasteiger partial charge in [0.15, 0.2) is 0 Å². The molecule has 0 saturated heterocycles. The van der Waals surface area contributed by atoms with E-state index in [4.69, 9.17) is 5.26 Å². The molecule has 2 heteroatoms. The predicted molar refractivity (Wildman–Crippen MR) is 12.4 cm³/mol. The van der Waals surface area contributed by atoms with Gasteiger partial charge >= 0.3 is 29.6 Å². The second-order valence-corrected chi connectivity index (χ2v) is 0.224. The van der Waals surface area contributed by atoms with Crippen LogP contribution < -0.4 is 29.6 Å². The minimum absolute atomic E-state index is 0. The van der Waals surface area contributed by atoms with Crippen LogP contribution in [0.3, 0.4) is 0 Å². The number of nitriles is 1. The summed E-state index contributed by atoms with van der Waals surface area (Å²) in [6.45, 7) is 1.43. The molecule has 0 rings (SSSR count). The van der Waals surface area contributed by atoms with Crippen LogP contribution in [0.1, 0.15) is 8.35 Å². The summed E-state index contributed by atoms with van der Waals surface area (Å²) in [5, 5.41) is 7.32. The molecule has 18 valence electrons. The maximum atomic E-state index is 7.32. The van der Waals surface area contributed by atoms with Crippen molar-refractivity contribution in [3.05, 3.63) is 0 Å². The van der Waals surface area contributed by atoms with E-state index in [1.165, 1.54) is 6.92 Å². The molecule has 0 N–H and O–H groups in total. The molecular formula is C2H4NNa. The first-order chi connectivity index (χ1) is 1.41. The van der Waals surface area contributed by atoms with Crippen LogP contribution in [0.4, 0.5) is 0 Å². The average molecular weight is 65.1 g/mol. The summed E-state index contributed by atoms with van der Waals surface area (Å²) in [5.41, 5.74) is 0. The molecule has 0 bridgehead atoms. The molecular weight excluding hydrogens is 61.0 g/mol. The summed E-state index contributed by atoms with van der Waals surface area (Å²) in [4.78, 5) is 0. The van der Waals surface area contributed by atoms with Gasteiger partial charge in [-0.15, -0.1) is 0 Å². The molecule has 4 heavy (non-hydrogen) atoms. The maximum Gasteiger partial charge on any atom is 1.00 e. The monoisotopic (exact) mass is 65.0 g/mol. The van der Waals surface area contributed by atoms with Gasteiger partial charge in [0.05, 0.1) is 6.07 Å². The van der Waals surface area contributed by atoms with Gasteiger partial charge in [0, 0.05) is 6.92 Å². The molecule has 0 unspecified atom stereocenters. The van der Waals surface area contributed by atoms with Crippen LogP contribution in [0.2, 0.25) is 0 Å². The Bertz CT molecular complexity index is 31.1. The summed E-state index contributed by atoms with van der Waals surface area (Å²) >= 11 is 0. The fourth-order valence-corrected chi connectivity index (χ4v) is 0. The minimum atomic E-state index is 0. The van der Waals surface area contributed by atoms with Crippen molar-refractivity contribution in [2.45, 2.75) is 6.92 Å². The Morgan fingerprint density at radius 3 is 2.00 bits per heavy atom. The zero-order valence-electron chi connectivity index (χ0n) is 3.95. The SMILES string of the molecule is CC#N.[H-].[Na+]. The van der Waals surface area contributed by atoms with Crippen molar-refractivity contribution < 1.29 is 31.0 Å². The molecule has 0 spiro atoms. The second kappa shape index (κ2) is 9.75. The van der Waals surface area contributed by atoms with Crippen LogP contribution in [0.25, 0.3) is 0 Å². The maximum absolute atomic E-state index is 7.32. The number of rotatable bonds is 0. The molecule has 0 fully saturated rings. The van der Waals surface area contributed by atoms with Gasteiger partial charge < -0.3 is 1.43 Å². The summed E-state index contributed by atoms with van der Waals surface area (Å²) in [5.74, 6) is 0. The third kappa shape index (κ3) is 23.0. The summed E-state index contributed by atoms with van der Waals surface area (Å²) < 4.78 is 0. The summed E-state index contributed by atoms with van der Waals surface area (Å²) in [7, 11) is 0. The van der Waals surface area contributed by atoms with Crippen molar-refractivity contribution in [1.82, 2.24) is 0 Å². The molecule has 0 atom stereocenters. The van der Waals surface area contributed by atoms with E-state index in [-0.39, 0.29) is 31.0 Å². The molecule has 0 heterocycles. The Morgan fingerprint density at radius 2 is 2.00 bits per heavy atom. The van der Waals surface area contributed by atoms with Crippen molar-refractivity contribution in [3.63, 3.8) is 0 Å². The van der Waals surface area contributed by atoms with E-state index in [9.17, 15) is 0 Å². The largest absolute Gasteiger partial charge is 1.00 e. The Balaban J connectivity index is -0.0000000200. The number of hydrogen-bond donors (Lipinski definition) is 0. The molecule has 0 radical (unpaired) electrons. The first kappa shape index (κ1) is 8.82. The van der Waals surface area contributed by atoms with E-state index in [0.717, 1.165) is 0 Å². The van der Waals surface area contributed by atoms with Crippen LogP contribution in [-0.4, -0.2) is 0 Å². The van der Waals surface area contributed by atoms with Gasteiger partial charge in [-0.05, 0) is 0 Å². The Morgan fingerprint density at radius 1 is 2.00 bits per heavy atom. The summed E-state index contributed by atoms with van der Waals surface area (Å²) in [6.07, 6.45) is 0. The van der Waals surface area contributed by atoms with Crippen LogP contribution >= 0.6 is 0 Å². The van der Waals surface area contributed by atoms with Gasteiger partial charge in [-0.3, -0.25) is 0 Å². The zero-order valence-corrected chi connectivity index (χ0v) is 4.95. The number of nitrogens with zero attached hydrogens (tertiary/aromatic N) is 1. The third-order valence-electron chi connectivity index (χ3n) is 0. The van der Waals surface area contributed by atoms with Crippen LogP contribution in [0, 0.1) is 11.3 Å². The summed E-state index contributed by atoms with van der Waals surface area (Å²) in [6, 6.07) is 1.75. The molecule has 0 aliphatic carbocycles. The molecule has 0 aromatic carbocycles. The van der Waals surface area contributed by atoms with Gasteiger partial charge in [-0.1, -0.05) is 0 Å². The first-order valence-electron chi connectivity index (χ1n) is 0.724. The molecule has 0 aliphatic rings. The minimum Gasteiger partial charge on any atom is -1.00 e. The van der Waals surface area contributed by atoms with Crippen LogP contribution in [-0.2, 0) is 0 Å². The quantitative estimate of drug-likeness (QED) is 0.290. The third-order valence-corrected chi connectivity index (χ3v) is 0. The van der Waals surface area contributed by atoms with Crippen molar-refractivity contribution in [2.75, 3.05) is 0 Å². The average Bonchev–Trinajstić information content (AvgIpc) is 0.918. The standard InChI is InChI=1S/C2H3N.Na.H/c1-2-3;;/h1H3;;/q;+1;-1. The Hall–Kier alpha value is 0.490. The van der Waals surface area contributed by atoms with Gasteiger partial charge in [-0.25, -0.2) is 0 Å². The van der Waals surface area contributed by atoms with E-state index in [2.05, 4.69) is 0 Å². The predicted octanol–water partition coefficient (Wildman–Crippen LogP) is -2.35. The normalized spacial score (nSPS) is 2.00. The van der Waals surface area contributed by atoms with Gasteiger partial charge in [0.25, 0.3) is 0 Å². The molecule has 1 nitrogen and oxygen atoms in total. The van der Waals surface area contributed by atoms with Crippen LogP contribution in [0.5, 0.6) is 0 Å². The first-order valence-corrected chi connectivity index (χ1v) is 0.724. The van der Waals surface area contributed by atoms with Crippen molar-refractivity contribution in [3.8, 4) is 6.07 Å². The van der Waals surface area contributed by atoms with E-state index in [1.54, 1.807) is 6.07 Å². The van der Waals surface area contributed by atoms with Crippen LogP contribution in [0.15, 0.2) is 0 Å². The van der Waals surface area contributed by atoms with Crippen molar-refractivity contribution >= 4 is 0 Å². The topological polar surface area (TPSA) is 23.8 Å².